The minimum atomic E-state index is -0.156. The van der Waals surface area contributed by atoms with E-state index in [4.69, 9.17) is 0 Å². The van der Waals surface area contributed by atoms with Crippen LogP contribution in [0.15, 0.2) is 18.3 Å². The number of hydrogen-bond donors (Lipinski definition) is 2. The molecule has 2 rings (SSSR count). The van der Waals surface area contributed by atoms with Crippen molar-refractivity contribution in [2.45, 2.75) is 39.2 Å². The maximum Gasteiger partial charge on any atom is 0.272 e. The van der Waals surface area contributed by atoms with Gasteiger partial charge in [0, 0.05) is 18.9 Å². The third kappa shape index (κ3) is 3.07. The number of aromatic amines is 1. The van der Waals surface area contributed by atoms with Crippen LogP contribution in [0.1, 0.15) is 54.6 Å². The molecule has 0 spiro atoms. The monoisotopic (exact) mass is 275 g/mol. The number of aromatic nitrogens is 4. The molecule has 0 aliphatic heterocycles. The van der Waals surface area contributed by atoms with Crippen LogP contribution in [0.2, 0.25) is 0 Å². The molecule has 20 heavy (non-hydrogen) atoms. The Morgan fingerprint density at radius 1 is 1.50 bits per heavy atom. The zero-order valence-corrected chi connectivity index (χ0v) is 12.2. The summed E-state index contributed by atoms with van der Waals surface area (Å²) in [5.41, 5.74) is 2.42. The highest BCUT2D eigenvalue weighted by atomic mass is 16.2. The highest BCUT2D eigenvalue weighted by Gasteiger charge is 2.18. The number of amides is 1. The second-order valence-electron chi connectivity index (χ2n) is 4.84. The number of carbonyl (C=O) groups is 1. The van der Waals surface area contributed by atoms with Crippen LogP contribution in [0.3, 0.4) is 0 Å². The first-order valence-electron chi connectivity index (χ1n) is 6.98. The van der Waals surface area contributed by atoms with E-state index in [2.05, 4.69) is 27.5 Å². The highest BCUT2D eigenvalue weighted by molar-refractivity contribution is 5.92. The number of carbonyl (C=O) groups excluding carboxylic acids is 1. The molecule has 6 nitrogen and oxygen atoms in total. The Labute approximate surface area is 118 Å². The Kier molecular flexibility index (Phi) is 4.55. The summed E-state index contributed by atoms with van der Waals surface area (Å²) in [4.78, 5) is 12.2. The number of H-pyrrole nitrogens is 1. The van der Waals surface area contributed by atoms with Crippen molar-refractivity contribution in [1.82, 2.24) is 25.3 Å². The van der Waals surface area contributed by atoms with Crippen LogP contribution in [0.5, 0.6) is 0 Å². The Morgan fingerprint density at radius 3 is 2.90 bits per heavy atom. The minimum Gasteiger partial charge on any atom is -0.342 e. The fourth-order valence-corrected chi connectivity index (χ4v) is 2.22. The van der Waals surface area contributed by atoms with Crippen LogP contribution in [0.25, 0.3) is 0 Å². The molecule has 0 aliphatic carbocycles. The first-order chi connectivity index (χ1) is 9.65. The molecule has 6 heteroatoms. The van der Waals surface area contributed by atoms with Crippen molar-refractivity contribution >= 4 is 5.91 Å². The summed E-state index contributed by atoms with van der Waals surface area (Å²) in [6, 6.07) is 3.68. The summed E-state index contributed by atoms with van der Waals surface area (Å²) in [6.07, 6.45) is 4.46. The summed E-state index contributed by atoms with van der Waals surface area (Å²) in [5, 5.41) is 14.1. The van der Waals surface area contributed by atoms with Crippen LogP contribution in [-0.4, -0.2) is 25.9 Å². The van der Waals surface area contributed by atoms with Crippen LogP contribution < -0.4 is 5.32 Å². The van der Waals surface area contributed by atoms with E-state index < -0.39 is 0 Å². The van der Waals surface area contributed by atoms with E-state index in [1.165, 1.54) is 0 Å². The molecule has 108 valence electrons. The predicted molar refractivity (Wildman–Crippen MR) is 76.3 cm³/mol. The first kappa shape index (κ1) is 14.3. The zero-order chi connectivity index (χ0) is 14.5. The Morgan fingerprint density at radius 2 is 2.30 bits per heavy atom. The number of nitrogens with zero attached hydrogens (tertiary/aromatic N) is 3. The number of hydrogen-bond acceptors (Lipinski definition) is 3. The average molecular weight is 275 g/mol. The van der Waals surface area contributed by atoms with E-state index in [-0.39, 0.29) is 11.9 Å². The van der Waals surface area contributed by atoms with Gasteiger partial charge >= 0.3 is 0 Å². The summed E-state index contributed by atoms with van der Waals surface area (Å²) in [6.45, 7) is 4.13. The van der Waals surface area contributed by atoms with Crippen molar-refractivity contribution < 1.29 is 4.79 Å². The van der Waals surface area contributed by atoms with Crippen molar-refractivity contribution in [1.29, 1.82) is 0 Å². The van der Waals surface area contributed by atoms with E-state index in [1.54, 1.807) is 10.9 Å². The molecule has 0 aromatic carbocycles. The molecule has 0 bridgehead atoms. The van der Waals surface area contributed by atoms with Gasteiger partial charge in [-0.2, -0.15) is 10.2 Å². The van der Waals surface area contributed by atoms with E-state index in [1.807, 2.05) is 26.1 Å². The molecule has 2 aromatic heterocycles. The lowest BCUT2D eigenvalue weighted by Crippen LogP contribution is -2.29. The largest absolute Gasteiger partial charge is 0.342 e. The van der Waals surface area contributed by atoms with Crippen molar-refractivity contribution in [3.63, 3.8) is 0 Å². The average Bonchev–Trinajstić information content (AvgIpc) is 3.05. The van der Waals surface area contributed by atoms with Gasteiger partial charge < -0.3 is 5.32 Å². The van der Waals surface area contributed by atoms with Crippen LogP contribution in [-0.2, 0) is 13.5 Å². The highest BCUT2D eigenvalue weighted by Crippen LogP contribution is 2.16. The molecule has 0 fully saturated rings. The van der Waals surface area contributed by atoms with E-state index >= 15 is 0 Å². The zero-order valence-electron chi connectivity index (χ0n) is 12.2. The van der Waals surface area contributed by atoms with Gasteiger partial charge in [0.25, 0.3) is 5.91 Å². The quantitative estimate of drug-likeness (QED) is 0.846. The standard InChI is InChI=1S/C14H21N5O/c1-4-6-10-9-12(18-17-10)14(20)16-11(5-2)13-7-8-15-19(13)3/h7-9,11H,4-6H2,1-3H3,(H,16,20)(H,17,18)/t11-/m1/s1. The van der Waals surface area contributed by atoms with Gasteiger partial charge in [-0.1, -0.05) is 20.3 Å². The molecule has 1 atom stereocenters. The van der Waals surface area contributed by atoms with Gasteiger partial charge in [-0.3, -0.25) is 14.6 Å². The van der Waals surface area contributed by atoms with Gasteiger partial charge in [-0.15, -0.1) is 0 Å². The first-order valence-corrected chi connectivity index (χ1v) is 6.98. The second kappa shape index (κ2) is 6.36. The van der Waals surface area contributed by atoms with E-state index in [0.717, 1.165) is 30.7 Å². The lowest BCUT2D eigenvalue weighted by Gasteiger charge is -2.16. The van der Waals surface area contributed by atoms with Crippen molar-refractivity contribution in [3.8, 4) is 0 Å². The summed E-state index contributed by atoms with van der Waals surface area (Å²) >= 11 is 0. The molecule has 0 saturated carbocycles. The lowest BCUT2D eigenvalue weighted by atomic mass is 10.1. The molecule has 0 radical (unpaired) electrons. The predicted octanol–water partition coefficient (Wildman–Crippen LogP) is 1.98. The fraction of sp³-hybridized carbons (Fsp3) is 0.500. The van der Waals surface area contributed by atoms with Crippen molar-refractivity contribution in [2.24, 2.45) is 7.05 Å². The molecule has 0 aliphatic rings. The smallest absolute Gasteiger partial charge is 0.272 e. The Balaban J connectivity index is 2.07. The number of nitrogens with one attached hydrogen (secondary N) is 2. The summed E-state index contributed by atoms with van der Waals surface area (Å²) < 4.78 is 1.78. The van der Waals surface area contributed by atoms with Crippen molar-refractivity contribution in [2.75, 3.05) is 0 Å². The van der Waals surface area contributed by atoms with Gasteiger partial charge in [0.05, 0.1) is 11.7 Å². The number of rotatable bonds is 6. The minimum absolute atomic E-state index is 0.0543. The van der Waals surface area contributed by atoms with Gasteiger partial charge in [0.2, 0.25) is 0 Å². The van der Waals surface area contributed by atoms with E-state index in [9.17, 15) is 4.79 Å². The van der Waals surface area contributed by atoms with E-state index in [0.29, 0.717) is 5.69 Å². The van der Waals surface area contributed by atoms with Gasteiger partial charge in [0.15, 0.2) is 0 Å². The third-order valence-electron chi connectivity index (χ3n) is 3.31. The van der Waals surface area contributed by atoms with Gasteiger partial charge in [-0.25, -0.2) is 0 Å². The lowest BCUT2D eigenvalue weighted by molar-refractivity contribution is 0.0929. The molecule has 0 unspecified atom stereocenters. The second-order valence-corrected chi connectivity index (χ2v) is 4.84. The topological polar surface area (TPSA) is 75.6 Å². The molecular formula is C14H21N5O. The van der Waals surface area contributed by atoms with Gasteiger partial charge in [0.1, 0.15) is 5.69 Å². The number of aryl methyl sites for hydroxylation is 2. The SMILES string of the molecule is CCCc1cc(C(=O)N[C@H](CC)c2ccnn2C)n[nH]1. The Bertz CT molecular complexity index is 572. The maximum atomic E-state index is 12.2. The maximum absolute atomic E-state index is 12.2. The van der Waals surface area contributed by atoms with Crippen LogP contribution in [0, 0.1) is 0 Å². The van der Waals surface area contributed by atoms with Crippen molar-refractivity contribution in [3.05, 3.63) is 35.4 Å². The molecule has 2 heterocycles. The third-order valence-corrected chi connectivity index (χ3v) is 3.31. The fourth-order valence-electron chi connectivity index (χ4n) is 2.22. The Hall–Kier alpha value is -2.11. The molecule has 0 saturated heterocycles. The molecular weight excluding hydrogens is 254 g/mol. The molecule has 1 amide bonds. The summed E-state index contributed by atoms with van der Waals surface area (Å²) in [5.74, 6) is -0.156. The van der Waals surface area contributed by atoms with Gasteiger partial charge in [-0.05, 0) is 25.0 Å². The normalized spacial score (nSPS) is 12.3. The van der Waals surface area contributed by atoms with Crippen LogP contribution >= 0.6 is 0 Å². The summed E-state index contributed by atoms with van der Waals surface area (Å²) in [7, 11) is 1.87. The molecule has 2 aromatic rings. The van der Waals surface area contributed by atoms with Crippen LogP contribution in [0.4, 0.5) is 0 Å². The molecule has 2 N–H and O–H groups in total.